The molecule has 3 aromatic carbocycles. The Hall–Kier alpha value is -12.7. The first-order chi connectivity index (χ1) is 56.3. The van der Waals surface area contributed by atoms with Crippen LogP contribution in [0.3, 0.4) is 0 Å². The molecule has 28 heteroatoms. The molecule has 3 saturated heterocycles. The molecule has 0 saturated carbocycles. The third-order valence-corrected chi connectivity index (χ3v) is 20.3. The van der Waals surface area contributed by atoms with Crippen molar-refractivity contribution in [2.45, 2.75) is 79.6 Å². The predicted octanol–water partition coefficient (Wildman–Crippen LogP) is 10.8. The molecule has 116 heavy (non-hydrogen) atoms. The molecule has 3 fully saturated rings. The number of anilines is 3. The minimum atomic E-state index is -2.99. The molecule has 12 aromatic rings. The molecule has 0 spiro atoms. The molecule has 0 bridgehead atoms. The summed E-state index contributed by atoms with van der Waals surface area (Å²) in [5.41, 5.74) is 17.1. The molecular formula is C88H93F2N21O5. The number of hydrogen-bond donors (Lipinski definition) is 3. The quantitative estimate of drug-likeness (QED) is 0.0502. The lowest BCUT2D eigenvalue weighted by Gasteiger charge is -2.32. The number of aromatic nitrogens is 12. The summed E-state index contributed by atoms with van der Waals surface area (Å²) in [5.74, 6) is 17.7. The second-order valence-electron chi connectivity index (χ2n) is 29.1. The Morgan fingerprint density at radius 2 is 0.776 bits per heavy atom. The largest absolute Gasteiger partial charge is 0.480 e. The first kappa shape index (κ1) is 81.3. The van der Waals surface area contributed by atoms with Crippen LogP contribution in [0, 0.1) is 56.3 Å². The van der Waals surface area contributed by atoms with Crippen molar-refractivity contribution in [2.75, 3.05) is 123 Å². The highest BCUT2D eigenvalue weighted by Crippen LogP contribution is 2.24. The van der Waals surface area contributed by atoms with Crippen molar-refractivity contribution >= 4 is 51.7 Å². The normalized spacial score (nSPS) is 14.2. The van der Waals surface area contributed by atoms with Gasteiger partial charge in [-0.2, -0.15) is 13.9 Å². The van der Waals surface area contributed by atoms with E-state index in [1.54, 1.807) is 71.4 Å². The number of methoxy groups -OCH3 is 1. The van der Waals surface area contributed by atoms with Gasteiger partial charge in [0.25, 0.3) is 17.7 Å². The first-order valence-electron chi connectivity index (χ1n) is 38.7. The number of pyridine rings is 3. The van der Waals surface area contributed by atoms with Crippen LogP contribution in [0.25, 0.3) is 16.9 Å². The molecule has 3 amide bonds. The average Bonchev–Trinajstić information content (AvgIpc) is 1.66. The molecule has 0 unspecified atom stereocenters. The van der Waals surface area contributed by atoms with Gasteiger partial charge in [0.1, 0.15) is 17.1 Å². The maximum absolute atomic E-state index is 13.0. The molecule has 3 aliphatic rings. The van der Waals surface area contributed by atoms with E-state index in [0.717, 1.165) is 145 Å². The van der Waals surface area contributed by atoms with Crippen LogP contribution in [0.5, 0.6) is 11.8 Å². The average molecular weight is 1560 g/mol. The fraction of sp³-hybridized carbons (Fsp3) is 0.318. The standard InChI is InChI=1S/C32H37N7O.C28H27F2N7O2.C28H29N7O2/c1-4-5-6-7-28-11-13-31-34-22-30(39(31)36-28)12-8-25-19-27(21-33-20-25)32(40)35-29-10-9-26(24(2)18-29)23-38-16-14-37(3)15-17-38;1-19-13-23(5-4-21(19)18-36-11-9-35(2)10-12-36)33-27(38)22-14-20(15-31-16-22)3-6-24-17-32-25-7-8-26(34-37(24)25)39-28(29)30;1-20-14-24(6-5-22(20)19-34-12-10-33(2)11-13-34)31-28(36)23-15-21(16-29-17-23)4-7-25-18-30-26-8-9-27(37-3)32-35(25)26/h9-11,13,18-22H,4-7,14-17,23H2,1-3H3,(H,35,40);4-5,7-8,13-17,28H,9-12,18H2,1-2H3,(H,33,38);5-6,8-9,14-18H,10-13,19H2,1-3H3,(H,31,36). The van der Waals surface area contributed by atoms with Crippen LogP contribution in [-0.4, -0.2) is 219 Å². The Kier molecular flexibility index (Phi) is 27.2. The number of nitrogens with zero attached hydrogens (tertiary/aromatic N) is 18. The number of unbranched alkanes of at least 4 members (excludes halogenated alkanes) is 2. The zero-order valence-electron chi connectivity index (χ0n) is 66.4. The number of hydrogen-bond acceptors (Lipinski definition) is 20. The zero-order valence-corrected chi connectivity index (χ0v) is 66.4. The smallest absolute Gasteiger partial charge is 0.388 e. The number of ether oxygens (including phenoxy) is 2. The van der Waals surface area contributed by atoms with Crippen LogP contribution in [0.2, 0.25) is 0 Å². The maximum atomic E-state index is 13.0. The molecule has 15 rings (SSSR count). The molecule has 0 atom stereocenters. The van der Waals surface area contributed by atoms with Gasteiger partial charge in [-0.15, -0.1) is 10.2 Å². The third-order valence-electron chi connectivity index (χ3n) is 20.3. The van der Waals surface area contributed by atoms with E-state index >= 15 is 0 Å². The molecule has 26 nitrogen and oxygen atoms in total. The van der Waals surface area contributed by atoms with Crippen LogP contribution in [0.1, 0.15) is 130 Å². The highest BCUT2D eigenvalue weighted by atomic mass is 19.3. The van der Waals surface area contributed by atoms with E-state index < -0.39 is 6.61 Å². The second-order valence-corrected chi connectivity index (χ2v) is 29.1. The number of carbonyl (C=O) groups excluding carboxylic acids is 3. The van der Waals surface area contributed by atoms with Crippen molar-refractivity contribution in [3.63, 3.8) is 0 Å². The second kappa shape index (κ2) is 38.9. The van der Waals surface area contributed by atoms with Gasteiger partial charge in [-0.25, -0.2) is 28.5 Å². The van der Waals surface area contributed by atoms with Crippen molar-refractivity contribution < 1.29 is 32.6 Å². The molecule has 0 aliphatic carbocycles. The number of amides is 3. The Morgan fingerprint density at radius 3 is 1.13 bits per heavy atom. The molecule has 3 N–H and O–H groups in total. The monoisotopic (exact) mass is 1560 g/mol. The Balaban J connectivity index is 0.000000151. The molecule has 594 valence electrons. The number of aryl methyl sites for hydroxylation is 4. The van der Waals surface area contributed by atoms with E-state index in [4.69, 9.17) is 9.84 Å². The summed E-state index contributed by atoms with van der Waals surface area (Å²) < 4.78 is 39.3. The number of piperazine rings is 3. The van der Waals surface area contributed by atoms with E-state index in [9.17, 15) is 23.2 Å². The van der Waals surface area contributed by atoms with Crippen molar-refractivity contribution in [3.05, 3.63) is 255 Å². The van der Waals surface area contributed by atoms with Gasteiger partial charge in [-0.3, -0.25) is 44.0 Å². The van der Waals surface area contributed by atoms with Gasteiger partial charge >= 0.3 is 6.61 Å². The minimum Gasteiger partial charge on any atom is -0.480 e. The lowest BCUT2D eigenvalue weighted by Crippen LogP contribution is -2.43. The molecule has 9 aromatic heterocycles. The van der Waals surface area contributed by atoms with Crippen LogP contribution in [0.15, 0.2) is 165 Å². The van der Waals surface area contributed by atoms with Gasteiger partial charge in [-0.1, -0.05) is 55.7 Å². The summed E-state index contributed by atoms with van der Waals surface area (Å²) in [7, 11) is 8.03. The van der Waals surface area contributed by atoms with Crippen molar-refractivity contribution in [1.29, 1.82) is 0 Å². The summed E-state index contributed by atoms with van der Waals surface area (Å²) in [4.78, 5) is 78.8. The number of benzene rings is 3. The maximum Gasteiger partial charge on any atom is 0.388 e. The van der Waals surface area contributed by atoms with Gasteiger partial charge in [0.05, 0.1) is 48.1 Å². The Bertz CT molecular complexity index is 5690. The van der Waals surface area contributed by atoms with Crippen LogP contribution in [0.4, 0.5) is 25.8 Å². The first-order valence-corrected chi connectivity index (χ1v) is 38.7. The van der Waals surface area contributed by atoms with E-state index in [0.29, 0.717) is 73.3 Å². The molecule has 3 aliphatic heterocycles. The highest BCUT2D eigenvalue weighted by molar-refractivity contribution is 6.05. The van der Waals surface area contributed by atoms with Crippen LogP contribution >= 0.6 is 0 Å². The lowest BCUT2D eigenvalue weighted by molar-refractivity contribution is -0.0535. The summed E-state index contributed by atoms with van der Waals surface area (Å²) in [6.45, 7) is 21.1. The minimum absolute atomic E-state index is 0.212. The van der Waals surface area contributed by atoms with Crippen LogP contribution in [-0.2, 0) is 26.1 Å². The number of fused-ring (bicyclic) bond motifs is 3. The molecular weight excluding hydrogens is 1470 g/mol. The van der Waals surface area contributed by atoms with Crippen molar-refractivity contribution in [3.8, 4) is 47.3 Å². The lowest BCUT2D eigenvalue weighted by atomic mass is 10.1. The Morgan fingerprint density at radius 1 is 0.422 bits per heavy atom. The van der Waals surface area contributed by atoms with Crippen LogP contribution < -0.4 is 25.4 Å². The summed E-state index contributed by atoms with van der Waals surface area (Å²) in [6.07, 6.45) is 18.7. The van der Waals surface area contributed by atoms with E-state index in [2.05, 4.69) is 193 Å². The van der Waals surface area contributed by atoms with Gasteiger partial charge in [0.15, 0.2) is 16.9 Å². The third kappa shape index (κ3) is 22.2. The van der Waals surface area contributed by atoms with Crippen molar-refractivity contribution in [2.24, 2.45) is 0 Å². The summed E-state index contributed by atoms with van der Waals surface area (Å²) in [5, 5.41) is 22.0. The predicted molar refractivity (Wildman–Crippen MR) is 442 cm³/mol. The van der Waals surface area contributed by atoms with Gasteiger partial charge in [0, 0.05) is 181 Å². The number of rotatable bonds is 19. The topological polar surface area (TPSA) is 254 Å². The van der Waals surface area contributed by atoms with Gasteiger partial charge in [-0.05, 0) is 185 Å². The van der Waals surface area contributed by atoms with E-state index in [1.807, 2.05) is 54.6 Å². The number of halogens is 2. The van der Waals surface area contributed by atoms with E-state index in [-0.39, 0.29) is 23.6 Å². The molecule has 0 radical (unpaired) electrons. The number of alkyl halides is 2. The molecule has 12 heterocycles. The Labute approximate surface area is 673 Å². The SMILES string of the molecule is CCCCCc1ccc2ncc(C#Cc3cncc(C(=O)Nc4ccc(CN5CCN(C)CC5)c(C)c4)c3)n2n1.COc1ccc2ncc(C#Cc3cncc(C(=O)Nc4ccc(CN5CCN(C)CC5)c(C)c4)c3)n2n1.Cc1cc(NC(=O)c2cncc(C#Cc3cnc4ccc(OC(F)F)nn34)c2)ccc1CN1CCN(C)CC1. The number of nitrogens with one attached hydrogen (secondary N) is 3. The zero-order chi connectivity index (χ0) is 81.0. The van der Waals surface area contributed by atoms with E-state index in [1.165, 1.54) is 76.5 Å². The number of likely N-dealkylation sites (N-methyl/N-ethyl adjacent to an activating group) is 3. The number of imidazole rings is 3. The summed E-state index contributed by atoms with van der Waals surface area (Å²) in [6, 6.07) is 33.6. The van der Waals surface area contributed by atoms with Crippen molar-refractivity contribution in [1.82, 2.24) is 88.1 Å². The fourth-order valence-electron chi connectivity index (χ4n) is 13.3. The number of carbonyl (C=O) groups is 3. The summed E-state index contributed by atoms with van der Waals surface area (Å²) >= 11 is 0. The van der Waals surface area contributed by atoms with Gasteiger partial charge < -0.3 is 40.1 Å². The van der Waals surface area contributed by atoms with Gasteiger partial charge in [0.2, 0.25) is 11.8 Å². The fourth-order valence-corrected chi connectivity index (χ4v) is 13.3. The highest BCUT2D eigenvalue weighted by Gasteiger charge is 2.21.